The van der Waals surface area contributed by atoms with Crippen LogP contribution < -0.4 is 5.32 Å². The van der Waals surface area contributed by atoms with Crippen molar-refractivity contribution < 1.29 is 45.8 Å². The Hall–Kier alpha value is -4.90. The molecule has 302 valence electrons. The van der Waals surface area contributed by atoms with Crippen LogP contribution in [-0.2, 0) is 31.2 Å². The number of amides is 2. The van der Waals surface area contributed by atoms with Crippen molar-refractivity contribution >= 4 is 51.5 Å². The summed E-state index contributed by atoms with van der Waals surface area (Å²) in [5.41, 5.74) is -3.41. The van der Waals surface area contributed by atoms with Gasteiger partial charge in [0.05, 0.1) is 28.6 Å². The average molecular weight is 880 g/mol. The lowest BCUT2D eigenvalue weighted by Gasteiger charge is -2.35. The van der Waals surface area contributed by atoms with Crippen LogP contribution in [0.15, 0.2) is 88.6 Å². The van der Waals surface area contributed by atoms with Gasteiger partial charge in [-0.2, -0.15) is 18.3 Å². The number of halogens is 7. The van der Waals surface area contributed by atoms with Gasteiger partial charge in [-0.1, -0.05) is 96.8 Å². The first-order valence-corrected chi connectivity index (χ1v) is 18.9. The van der Waals surface area contributed by atoms with Gasteiger partial charge in [0.2, 0.25) is 5.96 Å². The van der Waals surface area contributed by atoms with Crippen LogP contribution in [0.2, 0.25) is 5.02 Å². The molecule has 1 saturated carbocycles. The molecule has 18 heteroatoms. The number of carbonyl (C=O) groups is 3. The number of hydrogen-bond donors (Lipinski definition) is 1. The number of nitrogens with one attached hydrogen (secondary N) is 1. The maximum Gasteiger partial charge on any atom is 0.414 e. The monoisotopic (exact) mass is 878 g/mol. The summed E-state index contributed by atoms with van der Waals surface area (Å²) in [6.07, 6.45) is -9.20. The molecule has 2 aliphatic rings. The second kappa shape index (κ2) is 16.2. The summed E-state index contributed by atoms with van der Waals surface area (Å²) in [4.78, 5) is 51.5. The van der Waals surface area contributed by atoms with Crippen molar-refractivity contribution in [2.75, 3.05) is 6.61 Å². The van der Waals surface area contributed by atoms with Crippen LogP contribution in [0, 0.1) is 10.8 Å². The van der Waals surface area contributed by atoms with Crippen LogP contribution in [0.3, 0.4) is 0 Å². The molecule has 0 unspecified atom stereocenters. The minimum absolute atomic E-state index is 0.0519. The summed E-state index contributed by atoms with van der Waals surface area (Å²) in [5, 5.41) is 6.43. The van der Waals surface area contributed by atoms with Gasteiger partial charge in [0, 0.05) is 4.47 Å². The number of ether oxygens (including phenoxy) is 2. The summed E-state index contributed by atoms with van der Waals surface area (Å²) < 4.78 is 82.1. The molecule has 4 aromatic rings. The molecule has 0 spiro atoms. The van der Waals surface area contributed by atoms with Gasteiger partial charge >= 0.3 is 18.2 Å². The highest BCUT2D eigenvalue weighted by atomic mass is 79.9. The highest BCUT2D eigenvalue weighted by Crippen LogP contribution is 2.60. The quantitative estimate of drug-likeness (QED) is 0.111. The zero-order chi connectivity index (χ0) is 41.3. The molecular weight excluding hydrogens is 843 g/mol. The third kappa shape index (κ3) is 9.14. The van der Waals surface area contributed by atoms with Gasteiger partial charge in [-0.3, -0.25) is 19.8 Å². The van der Waals surface area contributed by atoms with Crippen molar-refractivity contribution in [3.8, 4) is 5.69 Å². The maximum atomic E-state index is 15.3. The molecule has 11 nitrogen and oxygen atoms in total. The summed E-state index contributed by atoms with van der Waals surface area (Å²) in [6, 6.07) is 18.2. The van der Waals surface area contributed by atoms with Crippen LogP contribution in [0.5, 0.6) is 0 Å². The lowest BCUT2D eigenvalue weighted by atomic mass is 9.75. The predicted octanol–water partition coefficient (Wildman–Crippen LogP) is 9.39. The molecule has 2 heterocycles. The van der Waals surface area contributed by atoms with Gasteiger partial charge in [0.25, 0.3) is 12.3 Å². The first-order valence-electron chi connectivity index (χ1n) is 17.7. The van der Waals surface area contributed by atoms with Gasteiger partial charge in [-0.25, -0.2) is 28.2 Å². The molecule has 0 saturated heterocycles. The Morgan fingerprint density at radius 1 is 1.00 bits per heavy atom. The molecule has 1 aromatic heterocycles. The lowest BCUT2D eigenvalue weighted by molar-refractivity contribution is -0.195. The molecule has 57 heavy (non-hydrogen) atoms. The molecule has 1 aliphatic carbocycles. The fraction of sp³-hybridized carbons (Fsp3) is 0.385. The van der Waals surface area contributed by atoms with E-state index >= 15 is 4.79 Å². The third-order valence-corrected chi connectivity index (χ3v) is 10.5. The van der Waals surface area contributed by atoms with E-state index in [4.69, 9.17) is 26.1 Å². The second-order valence-corrected chi connectivity index (χ2v) is 16.4. The van der Waals surface area contributed by atoms with Crippen LogP contribution in [-0.4, -0.2) is 56.4 Å². The minimum Gasteiger partial charge on any atom is -0.463 e. The van der Waals surface area contributed by atoms with Crippen molar-refractivity contribution in [1.29, 1.82) is 0 Å². The number of esters is 1. The number of benzene rings is 3. The van der Waals surface area contributed by atoms with E-state index in [9.17, 15) is 31.5 Å². The molecule has 2 amide bonds. The molecule has 0 radical (unpaired) electrons. The molecule has 6 rings (SSSR count). The summed E-state index contributed by atoms with van der Waals surface area (Å²) in [5.74, 6) is -2.96. The number of guanidine groups is 1. The molecule has 1 aliphatic heterocycles. The van der Waals surface area contributed by atoms with Gasteiger partial charge < -0.3 is 9.47 Å². The largest absolute Gasteiger partial charge is 0.463 e. The third-order valence-electron chi connectivity index (χ3n) is 9.64. The Balaban J connectivity index is 1.47. The fourth-order valence-corrected chi connectivity index (χ4v) is 7.18. The minimum atomic E-state index is -4.65. The standard InChI is InChI=1S/C39H37BrClF5N6O5/c1-36(2,3)21-38(25-10-12-26(40)13-11-25)33(54)51(34(50-38)49-35(55)57-19-23-7-5-4-6-8-23)29(20-56-30(53)18-37(15-16-37)39(44,45)46)24-9-14-27(41)28(17-24)52-32(31(42)43)47-22-48-52/h4-14,17,22,29,31H,15-16,18-21H2,1-3H3,(H,49,50,55)/t29-,38-/m1/s1. The van der Waals surface area contributed by atoms with E-state index in [0.717, 1.165) is 15.9 Å². The Morgan fingerprint density at radius 2 is 1.68 bits per heavy atom. The number of aliphatic imine (C=N–C) groups is 1. The number of hydrogen-bond acceptors (Lipinski definition) is 8. The lowest BCUT2D eigenvalue weighted by Crippen LogP contribution is -2.49. The van der Waals surface area contributed by atoms with Crippen molar-refractivity contribution in [1.82, 2.24) is 25.0 Å². The SMILES string of the molecule is CC(C)(C)C[C@]1(c2ccc(Br)cc2)N=C(NC(=O)OCc2ccccc2)N([C@H](COC(=O)CC2(C(F)(F)F)CC2)c2ccc(Cl)c(-n3ncnc3C(F)F)c2)C1=O. The molecule has 2 atom stereocenters. The van der Waals surface area contributed by atoms with E-state index in [1.807, 2.05) is 20.8 Å². The Morgan fingerprint density at radius 3 is 2.30 bits per heavy atom. The average Bonchev–Trinajstić information content (AvgIpc) is 3.68. The van der Waals surface area contributed by atoms with E-state index in [1.54, 1.807) is 54.6 Å². The second-order valence-electron chi connectivity index (χ2n) is 15.1. The van der Waals surface area contributed by atoms with Crippen molar-refractivity contribution in [3.05, 3.63) is 111 Å². The van der Waals surface area contributed by atoms with E-state index < -0.39 is 71.8 Å². The normalized spacial score (nSPS) is 18.3. The first kappa shape index (κ1) is 41.7. The number of aromatic nitrogens is 3. The zero-order valence-corrected chi connectivity index (χ0v) is 33.2. The van der Waals surface area contributed by atoms with Crippen LogP contribution in [0.4, 0.5) is 26.7 Å². The van der Waals surface area contributed by atoms with E-state index in [0.29, 0.717) is 15.6 Å². The van der Waals surface area contributed by atoms with Gasteiger partial charge in [0.15, 0.2) is 11.4 Å². The van der Waals surface area contributed by atoms with Gasteiger partial charge in [-0.05, 0) is 65.6 Å². The highest BCUT2D eigenvalue weighted by molar-refractivity contribution is 9.10. The topological polar surface area (TPSA) is 128 Å². The first-order chi connectivity index (χ1) is 26.8. The Labute approximate surface area is 337 Å². The number of alkyl carbamates (subject to hydrolysis) is 1. The highest BCUT2D eigenvalue weighted by Gasteiger charge is 2.64. The number of nitrogens with zero attached hydrogens (tertiary/aromatic N) is 5. The predicted molar refractivity (Wildman–Crippen MR) is 201 cm³/mol. The number of rotatable bonds is 12. The molecular formula is C39H37BrClF5N6O5. The van der Waals surface area contributed by atoms with E-state index in [1.165, 1.54) is 18.2 Å². The summed E-state index contributed by atoms with van der Waals surface area (Å²) in [7, 11) is 0. The van der Waals surface area contributed by atoms with Crippen LogP contribution in [0.25, 0.3) is 5.69 Å². The molecule has 0 bridgehead atoms. The fourth-order valence-electron chi connectivity index (χ4n) is 6.72. The van der Waals surface area contributed by atoms with Crippen molar-refractivity contribution in [2.24, 2.45) is 15.8 Å². The van der Waals surface area contributed by atoms with Crippen molar-refractivity contribution in [2.45, 2.75) is 77.2 Å². The Bertz CT molecular complexity index is 2160. The van der Waals surface area contributed by atoms with Crippen LogP contribution in [0.1, 0.15) is 81.4 Å². The van der Waals surface area contributed by atoms with Gasteiger partial charge in [-0.15, -0.1) is 0 Å². The van der Waals surface area contributed by atoms with E-state index in [2.05, 4.69) is 31.3 Å². The number of alkyl halides is 5. The maximum absolute atomic E-state index is 15.3. The number of carbonyl (C=O) groups excluding carboxylic acids is 3. The van der Waals surface area contributed by atoms with Crippen molar-refractivity contribution in [3.63, 3.8) is 0 Å². The molecule has 3 aromatic carbocycles. The summed E-state index contributed by atoms with van der Waals surface area (Å²) >= 11 is 9.91. The zero-order valence-electron chi connectivity index (χ0n) is 30.8. The van der Waals surface area contributed by atoms with Crippen LogP contribution >= 0.6 is 27.5 Å². The summed E-state index contributed by atoms with van der Waals surface area (Å²) in [6.45, 7) is 4.76. The molecule has 1 fully saturated rings. The Kier molecular flexibility index (Phi) is 11.8. The molecule has 1 N–H and O–H groups in total. The van der Waals surface area contributed by atoms with E-state index in [-0.39, 0.29) is 48.1 Å². The van der Waals surface area contributed by atoms with Gasteiger partial charge in [0.1, 0.15) is 19.5 Å². The smallest absolute Gasteiger partial charge is 0.414 e.